The lowest BCUT2D eigenvalue weighted by atomic mass is 10.2. The fourth-order valence-electron chi connectivity index (χ4n) is 1.77. The molecule has 8 nitrogen and oxygen atoms in total. The molecule has 134 valence electrons. The summed E-state index contributed by atoms with van der Waals surface area (Å²) in [5.74, 6) is -0.367. The molecule has 0 aliphatic heterocycles. The van der Waals surface area contributed by atoms with Crippen LogP contribution in [-0.4, -0.2) is 46.0 Å². The molecule has 2 aromatic rings. The first-order valence-corrected chi connectivity index (χ1v) is 7.13. The zero-order valence-electron chi connectivity index (χ0n) is 12.9. The molecule has 3 N–H and O–H groups in total. The number of amides is 3. The van der Waals surface area contributed by atoms with Crippen molar-refractivity contribution in [2.75, 3.05) is 13.1 Å². The van der Waals surface area contributed by atoms with E-state index in [2.05, 4.69) is 20.7 Å². The molecule has 0 fully saturated rings. The highest BCUT2D eigenvalue weighted by molar-refractivity contribution is 5.83. The molecule has 11 heteroatoms. The second-order valence-electron chi connectivity index (χ2n) is 4.90. The van der Waals surface area contributed by atoms with E-state index >= 15 is 0 Å². The maximum Gasteiger partial charge on any atom is 0.405 e. The molecule has 0 aliphatic rings. The van der Waals surface area contributed by atoms with Crippen LogP contribution in [0.4, 0.5) is 18.0 Å². The van der Waals surface area contributed by atoms with Crippen LogP contribution < -0.4 is 16.0 Å². The van der Waals surface area contributed by atoms with Crippen molar-refractivity contribution in [2.45, 2.75) is 12.7 Å². The molecule has 0 spiro atoms. The highest BCUT2D eigenvalue weighted by Gasteiger charge is 2.27. The summed E-state index contributed by atoms with van der Waals surface area (Å²) in [6.07, 6.45) is 0.373. The van der Waals surface area contributed by atoms with Gasteiger partial charge in [0.05, 0.1) is 6.54 Å². The lowest BCUT2D eigenvalue weighted by Crippen LogP contribution is -2.43. The van der Waals surface area contributed by atoms with Crippen molar-refractivity contribution in [1.82, 2.24) is 30.7 Å². The Hall–Kier alpha value is -3.11. The smallest absolute Gasteiger partial charge is 0.345 e. The molecule has 3 amide bonds. The minimum absolute atomic E-state index is 0.146. The van der Waals surface area contributed by atoms with Crippen LogP contribution in [0, 0.1) is 0 Å². The number of urea groups is 1. The molecular weight excluding hydrogens is 341 g/mol. The number of halogens is 3. The van der Waals surface area contributed by atoms with E-state index in [1.807, 2.05) is 0 Å². The van der Waals surface area contributed by atoms with E-state index in [0.29, 0.717) is 5.82 Å². The SMILES string of the molecule is O=C(CNC(=O)NCc1ccnc(-n2cccn2)c1)NCC(F)(F)F. The van der Waals surface area contributed by atoms with Gasteiger partial charge in [0.15, 0.2) is 5.82 Å². The Bertz CT molecular complexity index is 718. The van der Waals surface area contributed by atoms with Gasteiger partial charge in [0.25, 0.3) is 0 Å². The number of aromatic nitrogens is 3. The minimum Gasteiger partial charge on any atom is -0.345 e. The summed E-state index contributed by atoms with van der Waals surface area (Å²) in [6, 6.07) is 4.45. The predicted molar refractivity (Wildman–Crippen MR) is 80.7 cm³/mol. The van der Waals surface area contributed by atoms with Crippen LogP contribution >= 0.6 is 0 Å². The first kappa shape index (κ1) is 18.2. The van der Waals surface area contributed by atoms with Crippen molar-refractivity contribution in [3.05, 3.63) is 42.4 Å². The second-order valence-corrected chi connectivity index (χ2v) is 4.90. The fourth-order valence-corrected chi connectivity index (χ4v) is 1.77. The van der Waals surface area contributed by atoms with Gasteiger partial charge >= 0.3 is 12.2 Å². The van der Waals surface area contributed by atoms with Gasteiger partial charge in [-0.25, -0.2) is 14.5 Å². The van der Waals surface area contributed by atoms with Gasteiger partial charge in [-0.1, -0.05) is 0 Å². The molecule has 0 atom stereocenters. The van der Waals surface area contributed by atoms with Gasteiger partial charge in [-0.05, 0) is 23.8 Å². The Morgan fingerprint density at radius 1 is 1.16 bits per heavy atom. The number of nitrogens with one attached hydrogen (secondary N) is 3. The van der Waals surface area contributed by atoms with Crippen molar-refractivity contribution >= 4 is 11.9 Å². The van der Waals surface area contributed by atoms with E-state index in [1.165, 1.54) is 0 Å². The standard InChI is InChI=1S/C14H15F3N6O2/c15-14(16,17)9-21-12(24)8-20-13(25)19-7-10-2-4-18-11(6-10)23-5-1-3-22-23/h1-6H,7-9H2,(H,21,24)(H2,19,20,25). The van der Waals surface area contributed by atoms with E-state index in [0.717, 1.165) is 5.56 Å². The van der Waals surface area contributed by atoms with Crippen LogP contribution in [0.25, 0.3) is 5.82 Å². The first-order valence-electron chi connectivity index (χ1n) is 7.13. The molecule has 2 heterocycles. The van der Waals surface area contributed by atoms with Crippen LogP contribution in [0.1, 0.15) is 5.56 Å². The van der Waals surface area contributed by atoms with E-state index in [9.17, 15) is 22.8 Å². The summed E-state index contributed by atoms with van der Waals surface area (Å²) in [5, 5.41) is 10.3. The molecule has 0 aromatic carbocycles. The van der Waals surface area contributed by atoms with Gasteiger partial charge in [0.2, 0.25) is 5.91 Å². The zero-order chi connectivity index (χ0) is 18.3. The molecule has 25 heavy (non-hydrogen) atoms. The monoisotopic (exact) mass is 356 g/mol. The summed E-state index contributed by atoms with van der Waals surface area (Å²) in [4.78, 5) is 26.9. The highest BCUT2D eigenvalue weighted by atomic mass is 19.4. The third-order valence-electron chi connectivity index (χ3n) is 2.90. The summed E-state index contributed by atoms with van der Waals surface area (Å²) in [5.41, 5.74) is 0.733. The van der Waals surface area contributed by atoms with Gasteiger partial charge in [-0.15, -0.1) is 0 Å². The number of nitrogens with zero attached hydrogens (tertiary/aromatic N) is 3. The minimum atomic E-state index is -4.49. The average molecular weight is 356 g/mol. The van der Waals surface area contributed by atoms with Gasteiger partial charge in [-0.2, -0.15) is 18.3 Å². The molecule has 2 aromatic heterocycles. The fraction of sp³-hybridized carbons (Fsp3) is 0.286. The number of pyridine rings is 1. The number of rotatable bonds is 6. The van der Waals surface area contributed by atoms with Gasteiger partial charge in [0, 0.05) is 25.1 Å². The number of alkyl halides is 3. The number of hydrogen-bond acceptors (Lipinski definition) is 4. The quantitative estimate of drug-likeness (QED) is 0.711. The molecule has 2 rings (SSSR count). The lowest BCUT2D eigenvalue weighted by molar-refractivity contribution is -0.137. The Balaban J connectivity index is 1.75. The Kier molecular flexibility index (Phi) is 5.93. The number of carbonyl (C=O) groups excluding carboxylic acids is 2. The predicted octanol–water partition coefficient (Wildman–Crippen LogP) is 0.745. The Morgan fingerprint density at radius 2 is 1.96 bits per heavy atom. The van der Waals surface area contributed by atoms with E-state index in [-0.39, 0.29) is 6.54 Å². The number of carbonyl (C=O) groups is 2. The summed E-state index contributed by atoms with van der Waals surface area (Å²) in [6.45, 7) is -1.86. The molecular formula is C14H15F3N6O2. The van der Waals surface area contributed by atoms with Gasteiger partial charge in [0.1, 0.15) is 6.54 Å². The molecule has 0 bridgehead atoms. The van der Waals surface area contributed by atoms with E-state index < -0.39 is 31.2 Å². The maximum absolute atomic E-state index is 11.9. The van der Waals surface area contributed by atoms with Crippen LogP contribution in [0.3, 0.4) is 0 Å². The van der Waals surface area contributed by atoms with Crippen molar-refractivity contribution in [3.8, 4) is 5.82 Å². The number of hydrogen-bond donors (Lipinski definition) is 3. The Morgan fingerprint density at radius 3 is 2.64 bits per heavy atom. The molecule has 0 saturated heterocycles. The van der Waals surface area contributed by atoms with Crippen LogP contribution in [0.2, 0.25) is 0 Å². The third-order valence-corrected chi connectivity index (χ3v) is 2.90. The summed E-state index contributed by atoms with van der Waals surface area (Å²) >= 11 is 0. The molecule has 0 aliphatic carbocycles. The van der Waals surface area contributed by atoms with Crippen LogP contribution in [0.15, 0.2) is 36.8 Å². The van der Waals surface area contributed by atoms with Crippen LogP contribution in [-0.2, 0) is 11.3 Å². The average Bonchev–Trinajstić information content (AvgIpc) is 3.10. The topological polar surface area (TPSA) is 101 Å². The molecule has 0 radical (unpaired) electrons. The second kappa shape index (κ2) is 8.13. The Labute approximate surface area is 140 Å². The maximum atomic E-state index is 11.9. The van der Waals surface area contributed by atoms with Crippen LogP contribution in [0.5, 0.6) is 0 Å². The normalized spacial score (nSPS) is 11.0. The molecule has 0 saturated carbocycles. The summed E-state index contributed by atoms with van der Waals surface area (Å²) in [7, 11) is 0. The van der Waals surface area contributed by atoms with E-state index in [4.69, 9.17) is 0 Å². The highest BCUT2D eigenvalue weighted by Crippen LogP contribution is 2.11. The van der Waals surface area contributed by atoms with Gasteiger partial charge in [-0.3, -0.25) is 4.79 Å². The lowest BCUT2D eigenvalue weighted by Gasteiger charge is -2.10. The first-order chi connectivity index (χ1) is 11.8. The third kappa shape index (κ3) is 6.49. The van der Waals surface area contributed by atoms with Crippen molar-refractivity contribution in [2.24, 2.45) is 0 Å². The largest absolute Gasteiger partial charge is 0.405 e. The van der Waals surface area contributed by atoms with Gasteiger partial charge < -0.3 is 16.0 Å². The summed E-state index contributed by atoms with van der Waals surface area (Å²) < 4.78 is 37.3. The van der Waals surface area contributed by atoms with E-state index in [1.54, 1.807) is 46.8 Å². The van der Waals surface area contributed by atoms with Crippen molar-refractivity contribution in [1.29, 1.82) is 0 Å². The molecule has 0 unspecified atom stereocenters. The zero-order valence-corrected chi connectivity index (χ0v) is 12.9. The van der Waals surface area contributed by atoms with Crippen molar-refractivity contribution < 1.29 is 22.8 Å². The van der Waals surface area contributed by atoms with Crippen molar-refractivity contribution in [3.63, 3.8) is 0 Å².